The molecule has 1 aliphatic rings. The first kappa shape index (κ1) is 23.6. The molecule has 0 aromatic heterocycles. The van der Waals surface area contributed by atoms with Gasteiger partial charge in [0.25, 0.3) is 0 Å². The highest BCUT2D eigenvalue weighted by Crippen LogP contribution is 2.29. The van der Waals surface area contributed by atoms with Crippen LogP contribution >= 0.6 is 0 Å². The minimum atomic E-state index is -0.712. The molecule has 2 aromatic rings. The SMILES string of the molecule is COc1ccc(NC(=O)C(=O)NCCCCN2CCOC(c3ccccc3)C2)cc1OC. The van der Waals surface area contributed by atoms with Gasteiger partial charge in [-0.3, -0.25) is 14.5 Å². The highest BCUT2D eigenvalue weighted by atomic mass is 16.5. The van der Waals surface area contributed by atoms with Crippen LogP contribution in [0.15, 0.2) is 48.5 Å². The highest BCUT2D eigenvalue weighted by molar-refractivity contribution is 6.39. The second kappa shape index (κ2) is 12.1. The maximum atomic E-state index is 12.1. The van der Waals surface area contributed by atoms with Crippen LogP contribution in [-0.2, 0) is 14.3 Å². The van der Waals surface area contributed by atoms with Gasteiger partial charge in [-0.15, -0.1) is 0 Å². The molecule has 3 rings (SSSR count). The third kappa shape index (κ3) is 6.70. The number of unbranched alkanes of at least 4 members (excludes halogenated alkanes) is 1. The summed E-state index contributed by atoms with van der Waals surface area (Å²) in [5, 5.41) is 5.25. The van der Waals surface area contributed by atoms with Crippen molar-refractivity contribution in [3.8, 4) is 11.5 Å². The van der Waals surface area contributed by atoms with Gasteiger partial charge in [0, 0.05) is 31.4 Å². The molecular formula is C24H31N3O5. The van der Waals surface area contributed by atoms with Gasteiger partial charge in [-0.2, -0.15) is 0 Å². The average molecular weight is 442 g/mol. The molecule has 32 heavy (non-hydrogen) atoms. The predicted molar refractivity (Wildman–Crippen MR) is 122 cm³/mol. The lowest BCUT2D eigenvalue weighted by Crippen LogP contribution is -2.39. The maximum absolute atomic E-state index is 12.1. The Morgan fingerprint density at radius 1 is 1.03 bits per heavy atom. The largest absolute Gasteiger partial charge is 0.493 e. The molecule has 8 nitrogen and oxygen atoms in total. The van der Waals surface area contributed by atoms with Crippen LogP contribution in [0.3, 0.4) is 0 Å². The van der Waals surface area contributed by atoms with Crippen molar-refractivity contribution < 1.29 is 23.8 Å². The number of nitrogens with zero attached hydrogens (tertiary/aromatic N) is 1. The molecule has 0 bridgehead atoms. The molecule has 1 heterocycles. The minimum absolute atomic E-state index is 0.102. The number of methoxy groups -OCH3 is 2. The van der Waals surface area contributed by atoms with Crippen LogP contribution in [0, 0.1) is 0 Å². The first-order chi connectivity index (χ1) is 15.6. The molecule has 1 atom stereocenters. The Morgan fingerprint density at radius 2 is 1.81 bits per heavy atom. The number of amides is 2. The molecule has 0 radical (unpaired) electrons. The second-order valence-corrected chi connectivity index (χ2v) is 7.56. The van der Waals surface area contributed by atoms with Gasteiger partial charge < -0.3 is 24.8 Å². The first-order valence-corrected chi connectivity index (χ1v) is 10.8. The van der Waals surface area contributed by atoms with Gasteiger partial charge in [-0.25, -0.2) is 0 Å². The van der Waals surface area contributed by atoms with Crippen molar-refractivity contribution in [3.05, 3.63) is 54.1 Å². The molecule has 2 amide bonds. The van der Waals surface area contributed by atoms with E-state index in [4.69, 9.17) is 14.2 Å². The van der Waals surface area contributed by atoms with Gasteiger partial charge in [0.1, 0.15) is 0 Å². The molecule has 1 saturated heterocycles. The van der Waals surface area contributed by atoms with Crippen molar-refractivity contribution in [2.45, 2.75) is 18.9 Å². The Balaban J connectivity index is 1.35. The molecule has 1 aliphatic heterocycles. The number of ether oxygens (including phenoxy) is 3. The zero-order chi connectivity index (χ0) is 22.8. The fourth-order valence-electron chi connectivity index (χ4n) is 3.62. The highest BCUT2D eigenvalue weighted by Gasteiger charge is 2.21. The lowest BCUT2D eigenvalue weighted by Gasteiger charge is -2.33. The monoisotopic (exact) mass is 441 g/mol. The quantitative estimate of drug-likeness (QED) is 0.459. The summed E-state index contributed by atoms with van der Waals surface area (Å²) in [6, 6.07) is 15.2. The normalized spacial score (nSPS) is 16.2. The van der Waals surface area contributed by atoms with Crippen LogP contribution in [-0.4, -0.2) is 63.7 Å². The molecule has 0 saturated carbocycles. The van der Waals surface area contributed by atoms with Gasteiger partial charge in [0.05, 0.1) is 26.9 Å². The number of nitrogens with one attached hydrogen (secondary N) is 2. The van der Waals surface area contributed by atoms with Crippen molar-refractivity contribution in [3.63, 3.8) is 0 Å². The third-order valence-electron chi connectivity index (χ3n) is 5.36. The Kier molecular flexibility index (Phi) is 8.89. The standard InChI is InChI=1S/C24H31N3O5/c1-30-20-11-10-19(16-21(20)31-2)26-24(29)23(28)25-12-6-7-13-27-14-15-32-22(17-27)18-8-4-3-5-9-18/h3-5,8-11,16,22H,6-7,12-15,17H2,1-2H3,(H,25,28)(H,26,29). The Morgan fingerprint density at radius 3 is 2.56 bits per heavy atom. The minimum Gasteiger partial charge on any atom is -0.493 e. The van der Waals surface area contributed by atoms with Crippen molar-refractivity contribution in [2.75, 3.05) is 52.3 Å². The number of hydrogen-bond donors (Lipinski definition) is 2. The van der Waals surface area contributed by atoms with Crippen molar-refractivity contribution >= 4 is 17.5 Å². The molecule has 0 spiro atoms. The number of carbonyl (C=O) groups is 2. The van der Waals surface area contributed by atoms with E-state index in [0.717, 1.165) is 32.5 Å². The summed E-state index contributed by atoms with van der Waals surface area (Å²) in [6.07, 6.45) is 1.83. The van der Waals surface area contributed by atoms with Crippen LogP contribution in [0.4, 0.5) is 5.69 Å². The smallest absolute Gasteiger partial charge is 0.313 e. The van der Waals surface area contributed by atoms with Gasteiger partial charge in [0.15, 0.2) is 11.5 Å². The number of morpholine rings is 1. The predicted octanol–water partition coefficient (Wildman–Crippen LogP) is 2.61. The number of carbonyl (C=O) groups excluding carboxylic acids is 2. The lowest BCUT2D eigenvalue weighted by molar-refractivity contribution is -0.136. The molecule has 1 fully saturated rings. The summed E-state index contributed by atoms with van der Waals surface area (Å²) in [5.41, 5.74) is 1.66. The molecular weight excluding hydrogens is 410 g/mol. The second-order valence-electron chi connectivity index (χ2n) is 7.56. The summed E-state index contributed by atoms with van der Waals surface area (Å²) in [6.45, 7) is 3.87. The number of benzene rings is 2. The fraction of sp³-hybridized carbons (Fsp3) is 0.417. The van der Waals surface area contributed by atoms with Crippen LogP contribution < -0.4 is 20.1 Å². The summed E-state index contributed by atoms with van der Waals surface area (Å²) in [7, 11) is 3.04. The van der Waals surface area contributed by atoms with Crippen LogP contribution in [0.5, 0.6) is 11.5 Å². The van der Waals surface area contributed by atoms with Gasteiger partial charge in [-0.1, -0.05) is 30.3 Å². The Hall–Kier alpha value is -3.10. The van der Waals surface area contributed by atoms with E-state index in [1.165, 1.54) is 19.8 Å². The molecule has 0 aliphatic carbocycles. The topological polar surface area (TPSA) is 89.1 Å². The fourth-order valence-corrected chi connectivity index (χ4v) is 3.62. The molecule has 172 valence electrons. The Labute approximate surface area is 188 Å². The maximum Gasteiger partial charge on any atom is 0.313 e. The summed E-state index contributed by atoms with van der Waals surface area (Å²) in [4.78, 5) is 26.6. The molecule has 2 aromatic carbocycles. The van der Waals surface area contributed by atoms with E-state index < -0.39 is 11.8 Å². The van der Waals surface area contributed by atoms with Gasteiger partial charge >= 0.3 is 11.8 Å². The summed E-state index contributed by atoms with van der Waals surface area (Å²) in [5.74, 6) is -0.347. The average Bonchev–Trinajstić information content (AvgIpc) is 2.84. The number of hydrogen-bond acceptors (Lipinski definition) is 6. The van der Waals surface area contributed by atoms with Gasteiger partial charge in [-0.05, 0) is 37.1 Å². The van der Waals surface area contributed by atoms with Crippen LogP contribution in [0.25, 0.3) is 0 Å². The summed E-state index contributed by atoms with van der Waals surface area (Å²) < 4.78 is 16.3. The zero-order valence-corrected chi connectivity index (χ0v) is 18.6. The van der Waals surface area contributed by atoms with E-state index in [-0.39, 0.29) is 6.10 Å². The van der Waals surface area contributed by atoms with Crippen LogP contribution in [0.2, 0.25) is 0 Å². The van der Waals surface area contributed by atoms with Gasteiger partial charge in [0.2, 0.25) is 0 Å². The zero-order valence-electron chi connectivity index (χ0n) is 18.6. The van der Waals surface area contributed by atoms with Crippen molar-refractivity contribution in [1.82, 2.24) is 10.2 Å². The first-order valence-electron chi connectivity index (χ1n) is 10.8. The van der Waals surface area contributed by atoms with E-state index in [1.807, 2.05) is 18.2 Å². The van der Waals surface area contributed by atoms with E-state index >= 15 is 0 Å². The van der Waals surface area contributed by atoms with E-state index in [9.17, 15) is 9.59 Å². The van der Waals surface area contributed by atoms with E-state index in [2.05, 4.69) is 27.7 Å². The van der Waals surface area contributed by atoms with E-state index in [0.29, 0.717) is 30.3 Å². The number of rotatable bonds is 9. The lowest BCUT2D eigenvalue weighted by atomic mass is 10.1. The number of anilines is 1. The van der Waals surface area contributed by atoms with Crippen LogP contribution in [0.1, 0.15) is 24.5 Å². The van der Waals surface area contributed by atoms with Crippen molar-refractivity contribution in [2.24, 2.45) is 0 Å². The molecule has 2 N–H and O–H groups in total. The molecule has 8 heteroatoms. The summed E-state index contributed by atoms with van der Waals surface area (Å²) >= 11 is 0. The van der Waals surface area contributed by atoms with Crippen molar-refractivity contribution in [1.29, 1.82) is 0 Å². The Bertz CT molecular complexity index is 890. The van der Waals surface area contributed by atoms with E-state index in [1.54, 1.807) is 18.2 Å². The third-order valence-corrected chi connectivity index (χ3v) is 5.36. The molecule has 1 unspecified atom stereocenters.